The van der Waals surface area contributed by atoms with Gasteiger partial charge in [0.2, 0.25) is 0 Å². The molecule has 1 aliphatic carbocycles. The summed E-state index contributed by atoms with van der Waals surface area (Å²) in [6.07, 6.45) is 6.62. The number of benzene rings is 2. The maximum Gasteiger partial charge on any atom is 0.251 e. The van der Waals surface area contributed by atoms with E-state index in [1.807, 2.05) is 13.0 Å². The maximum absolute atomic E-state index is 12.6. The lowest BCUT2D eigenvalue weighted by Gasteiger charge is -2.37. The molecule has 0 aromatic heterocycles. The van der Waals surface area contributed by atoms with Crippen LogP contribution in [-0.4, -0.2) is 11.9 Å². The molecular formula is C24H28N2O. The van der Waals surface area contributed by atoms with E-state index in [0.717, 1.165) is 24.1 Å². The van der Waals surface area contributed by atoms with Gasteiger partial charge in [0.15, 0.2) is 0 Å². The van der Waals surface area contributed by atoms with Gasteiger partial charge in [0.25, 0.3) is 5.91 Å². The number of rotatable bonds is 4. The van der Waals surface area contributed by atoms with Crippen LogP contribution in [0, 0.1) is 12.8 Å². The van der Waals surface area contributed by atoms with Crippen LogP contribution in [0.15, 0.2) is 54.6 Å². The van der Waals surface area contributed by atoms with E-state index in [1.165, 1.54) is 16.7 Å². The Morgan fingerprint density at radius 2 is 2.00 bits per heavy atom. The minimum atomic E-state index is 0.0198. The first-order valence-corrected chi connectivity index (χ1v) is 10.0. The topological polar surface area (TPSA) is 41.1 Å². The third-order valence-electron chi connectivity index (χ3n) is 6.05. The summed E-state index contributed by atoms with van der Waals surface area (Å²) in [6, 6.07) is 15.4. The summed E-state index contributed by atoms with van der Waals surface area (Å²) in [5, 5.41) is 6.83. The van der Waals surface area contributed by atoms with E-state index in [2.05, 4.69) is 73.0 Å². The summed E-state index contributed by atoms with van der Waals surface area (Å²) in [7, 11) is 0. The number of carbonyl (C=O) groups excluding carboxylic acids is 1. The highest BCUT2D eigenvalue weighted by atomic mass is 16.1. The number of hydrogen-bond donors (Lipinski definition) is 2. The molecule has 27 heavy (non-hydrogen) atoms. The van der Waals surface area contributed by atoms with Crippen LogP contribution in [0.1, 0.15) is 65.7 Å². The first kappa shape index (κ1) is 17.8. The van der Waals surface area contributed by atoms with Crippen LogP contribution in [0.2, 0.25) is 0 Å². The van der Waals surface area contributed by atoms with Gasteiger partial charge in [0.05, 0.1) is 6.04 Å². The van der Waals surface area contributed by atoms with E-state index in [1.54, 1.807) is 0 Å². The van der Waals surface area contributed by atoms with Crippen LogP contribution in [0.5, 0.6) is 0 Å². The number of amides is 1. The van der Waals surface area contributed by atoms with Crippen LogP contribution in [-0.2, 0) is 0 Å². The number of fused-ring (bicyclic) bond motifs is 3. The first-order chi connectivity index (χ1) is 13.1. The maximum atomic E-state index is 12.6. The SMILES string of the molecule is CCC(C)NC(=O)c1ccc2c(c1)C1C=CCC1C(c1ccc(C)cc1)N2. The minimum Gasteiger partial charge on any atom is -0.378 e. The van der Waals surface area contributed by atoms with Gasteiger partial charge in [-0.2, -0.15) is 0 Å². The fourth-order valence-electron chi connectivity index (χ4n) is 4.25. The Kier molecular flexibility index (Phi) is 4.77. The third-order valence-corrected chi connectivity index (χ3v) is 6.05. The summed E-state index contributed by atoms with van der Waals surface area (Å²) in [5.41, 5.74) is 5.77. The summed E-state index contributed by atoms with van der Waals surface area (Å²) in [5.74, 6) is 0.878. The fourth-order valence-corrected chi connectivity index (χ4v) is 4.25. The molecule has 3 heteroatoms. The van der Waals surface area contributed by atoms with Gasteiger partial charge in [-0.25, -0.2) is 0 Å². The normalized spacial score (nSPS) is 23.9. The van der Waals surface area contributed by atoms with Crippen LogP contribution < -0.4 is 10.6 Å². The molecule has 0 saturated heterocycles. The van der Waals surface area contributed by atoms with E-state index in [0.29, 0.717) is 17.9 Å². The molecule has 4 rings (SSSR count). The van der Waals surface area contributed by atoms with Crippen molar-refractivity contribution in [3.05, 3.63) is 76.9 Å². The van der Waals surface area contributed by atoms with Crippen molar-refractivity contribution in [3.8, 4) is 0 Å². The molecule has 3 nitrogen and oxygen atoms in total. The zero-order chi connectivity index (χ0) is 19.0. The molecule has 1 amide bonds. The third kappa shape index (κ3) is 3.39. The smallest absolute Gasteiger partial charge is 0.251 e. The molecule has 2 aromatic rings. The lowest BCUT2D eigenvalue weighted by Crippen LogP contribution is -2.33. The second kappa shape index (κ2) is 7.22. The van der Waals surface area contributed by atoms with Gasteiger partial charge in [-0.3, -0.25) is 4.79 Å². The van der Waals surface area contributed by atoms with E-state index in [-0.39, 0.29) is 11.9 Å². The van der Waals surface area contributed by atoms with Crippen molar-refractivity contribution in [2.75, 3.05) is 5.32 Å². The van der Waals surface area contributed by atoms with E-state index >= 15 is 0 Å². The monoisotopic (exact) mass is 360 g/mol. The van der Waals surface area contributed by atoms with Gasteiger partial charge < -0.3 is 10.6 Å². The molecular weight excluding hydrogens is 332 g/mol. The van der Waals surface area contributed by atoms with Crippen molar-refractivity contribution in [1.82, 2.24) is 5.32 Å². The van der Waals surface area contributed by atoms with Crippen molar-refractivity contribution in [1.29, 1.82) is 0 Å². The van der Waals surface area contributed by atoms with Gasteiger partial charge in [0, 0.05) is 23.2 Å². The molecule has 4 atom stereocenters. The number of anilines is 1. The van der Waals surface area contributed by atoms with E-state index in [9.17, 15) is 4.79 Å². The minimum absolute atomic E-state index is 0.0198. The highest BCUT2D eigenvalue weighted by Gasteiger charge is 2.38. The average Bonchev–Trinajstić information content (AvgIpc) is 3.17. The van der Waals surface area contributed by atoms with Crippen molar-refractivity contribution >= 4 is 11.6 Å². The van der Waals surface area contributed by atoms with E-state index < -0.39 is 0 Å². The van der Waals surface area contributed by atoms with Crippen LogP contribution >= 0.6 is 0 Å². The summed E-state index contributed by atoms with van der Waals surface area (Å²) in [4.78, 5) is 12.6. The molecule has 0 radical (unpaired) electrons. The Bertz CT molecular complexity index is 868. The van der Waals surface area contributed by atoms with Crippen molar-refractivity contribution in [2.24, 2.45) is 5.92 Å². The Labute approximate surface area is 161 Å². The zero-order valence-corrected chi connectivity index (χ0v) is 16.3. The van der Waals surface area contributed by atoms with Gasteiger partial charge >= 0.3 is 0 Å². The van der Waals surface area contributed by atoms with Gasteiger partial charge in [-0.05, 0) is 61.9 Å². The first-order valence-electron chi connectivity index (χ1n) is 10.0. The molecule has 2 N–H and O–H groups in total. The lowest BCUT2D eigenvalue weighted by molar-refractivity contribution is 0.0939. The molecule has 0 fully saturated rings. The molecule has 2 aliphatic rings. The van der Waals surface area contributed by atoms with Gasteiger partial charge in [0.1, 0.15) is 0 Å². The Hall–Kier alpha value is -2.55. The molecule has 0 saturated carbocycles. The predicted molar refractivity (Wildman–Crippen MR) is 111 cm³/mol. The fraction of sp³-hybridized carbons (Fsp3) is 0.375. The molecule has 0 bridgehead atoms. The highest BCUT2D eigenvalue weighted by Crippen LogP contribution is 2.49. The summed E-state index contributed by atoms with van der Waals surface area (Å²) in [6.45, 7) is 6.25. The standard InChI is InChI=1S/C24H28N2O/c1-4-16(3)25-24(27)18-12-13-22-21(14-18)19-6-5-7-20(19)23(26-22)17-10-8-15(2)9-11-17/h5-6,8-14,16,19-20,23,26H,4,7H2,1-3H3,(H,25,27). The molecule has 0 spiro atoms. The Morgan fingerprint density at radius 1 is 1.22 bits per heavy atom. The van der Waals surface area contributed by atoms with Crippen molar-refractivity contribution < 1.29 is 4.79 Å². The highest BCUT2D eigenvalue weighted by molar-refractivity contribution is 5.95. The number of carbonyl (C=O) groups is 1. The predicted octanol–water partition coefficient (Wildman–Crippen LogP) is 5.35. The van der Waals surface area contributed by atoms with Gasteiger partial charge in [-0.15, -0.1) is 0 Å². The Morgan fingerprint density at radius 3 is 2.74 bits per heavy atom. The summed E-state index contributed by atoms with van der Waals surface area (Å²) < 4.78 is 0. The zero-order valence-electron chi connectivity index (χ0n) is 16.3. The molecule has 1 aliphatic heterocycles. The largest absolute Gasteiger partial charge is 0.378 e. The van der Waals surface area contributed by atoms with E-state index in [4.69, 9.17) is 0 Å². The average molecular weight is 361 g/mol. The second-order valence-corrected chi connectivity index (χ2v) is 7.97. The summed E-state index contributed by atoms with van der Waals surface area (Å²) >= 11 is 0. The molecule has 2 aromatic carbocycles. The van der Waals surface area contributed by atoms with Gasteiger partial charge in [-0.1, -0.05) is 48.9 Å². The van der Waals surface area contributed by atoms with Crippen molar-refractivity contribution in [2.45, 2.75) is 51.6 Å². The number of nitrogens with one attached hydrogen (secondary N) is 2. The number of aryl methyl sites for hydroxylation is 1. The van der Waals surface area contributed by atoms with Crippen LogP contribution in [0.25, 0.3) is 0 Å². The number of hydrogen-bond acceptors (Lipinski definition) is 2. The second-order valence-electron chi connectivity index (χ2n) is 7.97. The quantitative estimate of drug-likeness (QED) is 0.722. The van der Waals surface area contributed by atoms with Crippen LogP contribution in [0.4, 0.5) is 5.69 Å². The van der Waals surface area contributed by atoms with Crippen LogP contribution in [0.3, 0.4) is 0 Å². The molecule has 1 heterocycles. The molecule has 4 unspecified atom stereocenters. The molecule has 140 valence electrons. The number of allylic oxidation sites excluding steroid dienone is 2. The lowest BCUT2D eigenvalue weighted by atomic mass is 9.76. The van der Waals surface area contributed by atoms with Crippen molar-refractivity contribution in [3.63, 3.8) is 0 Å². The Balaban J connectivity index is 1.65.